The normalized spacial score (nSPS) is 17.9. The third-order valence-electron chi connectivity index (χ3n) is 6.34. The maximum absolute atomic E-state index is 14.0. The van der Waals surface area contributed by atoms with Gasteiger partial charge >= 0.3 is 8.60 Å². The summed E-state index contributed by atoms with van der Waals surface area (Å²) in [6, 6.07) is 25.7. The summed E-state index contributed by atoms with van der Waals surface area (Å²) in [5, 5.41) is 0. The molecule has 0 saturated carbocycles. The molecule has 0 spiro atoms. The molecule has 3 aromatic rings. The monoisotopic (exact) mass is 477 g/mol. The van der Waals surface area contributed by atoms with Crippen LogP contribution < -0.4 is 0 Å². The Bertz CT molecular complexity index is 1070. The molecule has 0 radical (unpaired) electrons. The van der Waals surface area contributed by atoms with Crippen molar-refractivity contribution in [1.29, 1.82) is 0 Å². The van der Waals surface area contributed by atoms with Crippen LogP contribution in [-0.4, -0.2) is 28.9 Å². The molecule has 3 atom stereocenters. The van der Waals surface area contributed by atoms with E-state index in [-0.39, 0.29) is 11.9 Å². The fraction of sp³-hybridized carbons (Fsp3) is 0.321. The zero-order valence-corrected chi connectivity index (χ0v) is 20.7. The number of hydrogen-bond donors (Lipinski definition) is 1. The SMILES string of the molecule is CCCCc1ccc(C(=O)N(Cc2ccccc2)C2c3ccccc3CC2OP(O)OC)cc1. The molecule has 0 fully saturated rings. The van der Waals surface area contributed by atoms with E-state index in [4.69, 9.17) is 9.05 Å². The van der Waals surface area contributed by atoms with Gasteiger partial charge in [0.2, 0.25) is 0 Å². The number of amides is 1. The highest BCUT2D eigenvalue weighted by molar-refractivity contribution is 7.40. The number of nitrogens with zero attached hydrogens (tertiary/aromatic N) is 1. The lowest BCUT2D eigenvalue weighted by Gasteiger charge is -2.34. The number of carbonyl (C=O) groups is 1. The van der Waals surface area contributed by atoms with E-state index in [0.29, 0.717) is 18.5 Å². The molecule has 0 aliphatic heterocycles. The Balaban J connectivity index is 1.70. The van der Waals surface area contributed by atoms with Crippen LogP contribution in [-0.2, 0) is 28.4 Å². The molecule has 5 nitrogen and oxygen atoms in total. The molecule has 1 aliphatic carbocycles. The molecule has 0 heterocycles. The number of hydrogen-bond acceptors (Lipinski definition) is 4. The molecule has 0 aromatic heterocycles. The number of rotatable bonds is 10. The Morgan fingerprint density at radius 2 is 1.71 bits per heavy atom. The number of fused-ring (bicyclic) bond motifs is 1. The van der Waals surface area contributed by atoms with Crippen molar-refractivity contribution in [2.24, 2.45) is 0 Å². The van der Waals surface area contributed by atoms with Gasteiger partial charge in [0, 0.05) is 25.6 Å². The minimum absolute atomic E-state index is 0.0547. The van der Waals surface area contributed by atoms with Crippen LogP contribution in [0.1, 0.15) is 58.4 Å². The van der Waals surface area contributed by atoms with Crippen molar-refractivity contribution < 1.29 is 18.7 Å². The van der Waals surface area contributed by atoms with Crippen LogP contribution in [0.2, 0.25) is 0 Å². The second-order valence-electron chi connectivity index (χ2n) is 8.63. The summed E-state index contributed by atoms with van der Waals surface area (Å²) < 4.78 is 11.0. The summed E-state index contributed by atoms with van der Waals surface area (Å²) in [6.45, 7) is 2.62. The highest BCUT2D eigenvalue weighted by Gasteiger charge is 2.41. The van der Waals surface area contributed by atoms with Gasteiger partial charge in [-0.15, -0.1) is 0 Å². The van der Waals surface area contributed by atoms with Gasteiger partial charge < -0.3 is 18.8 Å². The fourth-order valence-electron chi connectivity index (χ4n) is 4.60. The highest BCUT2D eigenvalue weighted by atomic mass is 31.2. The van der Waals surface area contributed by atoms with E-state index in [0.717, 1.165) is 36.0 Å². The summed E-state index contributed by atoms with van der Waals surface area (Å²) in [7, 11) is -0.598. The van der Waals surface area contributed by atoms with Crippen molar-refractivity contribution in [3.63, 3.8) is 0 Å². The number of benzene rings is 3. The molecule has 0 saturated heterocycles. The largest absolute Gasteiger partial charge is 0.329 e. The maximum atomic E-state index is 14.0. The van der Waals surface area contributed by atoms with E-state index in [1.54, 1.807) is 0 Å². The molecule has 4 rings (SSSR count). The van der Waals surface area contributed by atoms with Gasteiger partial charge in [0.25, 0.3) is 5.91 Å². The average molecular weight is 478 g/mol. The third-order valence-corrected chi connectivity index (χ3v) is 7.10. The van der Waals surface area contributed by atoms with Gasteiger partial charge in [0.15, 0.2) is 0 Å². The van der Waals surface area contributed by atoms with Crippen LogP contribution in [0.5, 0.6) is 0 Å². The molecule has 178 valence electrons. The summed E-state index contributed by atoms with van der Waals surface area (Å²) in [5.74, 6) is -0.0547. The van der Waals surface area contributed by atoms with Crippen molar-refractivity contribution in [3.05, 3.63) is 107 Å². The molecule has 0 bridgehead atoms. The predicted molar refractivity (Wildman–Crippen MR) is 135 cm³/mol. The fourth-order valence-corrected chi connectivity index (χ4v) is 5.10. The Labute approximate surface area is 203 Å². The smallest absolute Gasteiger partial charge is 0.328 e. The van der Waals surface area contributed by atoms with Gasteiger partial charge in [-0.1, -0.05) is 80.1 Å². The third kappa shape index (κ3) is 5.73. The Morgan fingerprint density at radius 1 is 1.00 bits per heavy atom. The summed E-state index contributed by atoms with van der Waals surface area (Å²) in [6.07, 6.45) is 3.50. The van der Waals surface area contributed by atoms with Crippen LogP contribution in [0.25, 0.3) is 0 Å². The molecule has 3 aromatic carbocycles. The molecule has 1 N–H and O–H groups in total. The first kappa shape index (κ1) is 24.6. The average Bonchev–Trinajstić information content (AvgIpc) is 3.24. The quantitative estimate of drug-likeness (QED) is 0.352. The minimum atomic E-state index is -2.02. The Kier molecular flexibility index (Phi) is 8.47. The number of unbranched alkanes of at least 4 members (excludes halogenated alkanes) is 1. The van der Waals surface area contributed by atoms with Crippen LogP contribution in [0.3, 0.4) is 0 Å². The molecule has 34 heavy (non-hydrogen) atoms. The van der Waals surface area contributed by atoms with E-state index in [1.165, 1.54) is 12.7 Å². The summed E-state index contributed by atoms with van der Waals surface area (Å²) in [4.78, 5) is 26.0. The second kappa shape index (κ2) is 11.7. The topological polar surface area (TPSA) is 59.0 Å². The van der Waals surface area contributed by atoms with Crippen molar-refractivity contribution >= 4 is 14.5 Å². The first-order valence-corrected chi connectivity index (χ1v) is 12.9. The first-order valence-electron chi connectivity index (χ1n) is 11.8. The lowest BCUT2D eigenvalue weighted by atomic mass is 10.0. The van der Waals surface area contributed by atoms with Crippen molar-refractivity contribution in [2.45, 2.75) is 51.3 Å². The van der Waals surface area contributed by atoms with Gasteiger partial charge in [0.1, 0.15) is 0 Å². The molecule has 3 unspecified atom stereocenters. The Morgan fingerprint density at radius 3 is 2.41 bits per heavy atom. The van der Waals surface area contributed by atoms with Gasteiger partial charge in [-0.2, -0.15) is 0 Å². The lowest BCUT2D eigenvalue weighted by Crippen LogP contribution is -2.39. The van der Waals surface area contributed by atoms with Crippen LogP contribution in [0.4, 0.5) is 0 Å². The van der Waals surface area contributed by atoms with Crippen LogP contribution in [0, 0.1) is 0 Å². The van der Waals surface area contributed by atoms with Gasteiger partial charge in [-0.05, 0) is 47.2 Å². The van der Waals surface area contributed by atoms with E-state index in [1.807, 2.05) is 59.5 Å². The van der Waals surface area contributed by atoms with E-state index in [2.05, 4.69) is 31.2 Å². The van der Waals surface area contributed by atoms with Crippen molar-refractivity contribution in [3.8, 4) is 0 Å². The molecule has 1 aliphatic rings. The predicted octanol–water partition coefficient (Wildman–Crippen LogP) is 6.22. The summed E-state index contributed by atoms with van der Waals surface area (Å²) in [5.41, 5.74) is 5.11. The number of aryl methyl sites for hydroxylation is 1. The maximum Gasteiger partial charge on any atom is 0.329 e. The molecule has 6 heteroatoms. The van der Waals surface area contributed by atoms with E-state index in [9.17, 15) is 9.69 Å². The van der Waals surface area contributed by atoms with E-state index >= 15 is 0 Å². The van der Waals surface area contributed by atoms with Crippen LogP contribution >= 0.6 is 8.60 Å². The molecular formula is C28H32NO4P. The molecule has 1 amide bonds. The van der Waals surface area contributed by atoms with Gasteiger partial charge in [-0.3, -0.25) is 4.79 Å². The Hall–Kier alpha value is -2.56. The van der Waals surface area contributed by atoms with Crippen LogP contribution in [0.15, 0.2) is 78.9 Å². The summed E-state index contributed by atoms with van der Waals surface area (Å²) >= 11 is 0. The zero-order valence-electron chi connectivity index (χ0n) is 19.8. The first-order chi connectivity index (χ1) is 16.6. The van der Waals surface area contributed by atoms with Crippen molar-refractivity contribution in [1.82, 2.24) is 4.90 Å². The standard InChI is InChI=1S/C28H32NO4P/c1-3-4-10-21-15-17-23(18-16-21)28(30)29(20-22-11-6-5-7-12-22)27-25-14-9-8-13-24(25)19-26(27)33-34(31)32-2/h5-9,11-18,26-27,31H,3-4,10,19-20H2,1-2H3. The number of carbonyl (C=O) groups excluding carboxylic acids is 1. The van der Waals surface area contributed by atoms with E-state index < -0.39 is 14.7 Å². The highest BCUT2D eigenvalue weighted by Crippen LogP contribution is 2.45. The zero-order chi connectivity index (χ0) is 23.9. The molecular weight excluding hydrogens is 445 g/mol. The second-order valence-corrected chi connectivity index (χ2v) is 9.68. The van der Waals surface area contributed by atoms with Crippen molar-refractivity contribution in [2.75, 3.05) is 7.11 Å². The van der Waals surface area contributed by atoms with Gasteiger partial charge in [0.05, 0.1) is 12.1 Å². The van der Waals surface area contributed by atoms with Gasteiger partial charge in [-0.25, -0.2) is 0 Å². The lowest BCUT2D eigenvalue weighted by molar-refractivity contribution is 0.0407. The minimum Gasteiger partial charge on any atom is -0.328 e.